The van der Waals surface area contributed by atoms with E-state index in [2.05, 4.69) is 47.8 Å². The van der Waals surface area contributed by atoms with Crippen molar-refractivity contribution in [2.45, 2.75) is 43.7 Å². The molecule has 1 heterocycles. The number of benzene rings is 2. The molecule has 1 saturated heterocycles. The second kappa shape index (κ2) is 5.43. The van der Waals surface area contributed by atoms with Crippen molar-refractivity contribution in [1.29, 1.82) is 0 Å². The van der Waals surface area contributed by atoms with Crippen LogP contribution in [0.4, 0.5) is 0 Å². The second-order valence-electron chi connectivity index (χ2n) is 6.59. The fourth-order valence-electron chi connectivity index (χ4n) is 3.96. The van der Waals surface area contributed by atoms with Gasteiger partial charge in [-0.25, -0.2) is 0 Å². The SMILES string of the molecule is c1ccc2c(C3CNC4(CCCCC4)CO3)cccc2c1. The van der Waals surface area contributed by atoms with Crippen molar-refractivity contribution in [1.82, 2.24) is 5.32 Å². The Kier molecular flexibility index (Phi) is 3.44. The number of nitrogens with one attached hydrogen (secondary N) is 1. The highest BCUT2D eigenvalue weighted by atomic mass is 16.5. The fraction of sp³-hybridized carbons (Fsp3) is 0.474. The molecule has 2 aliphatic rings. The van der Waals surface area contributed by atoms with Crippen LogP contribution in [-0.2, 0) is 4.74 Å². The van der Waals surface area contributed by atoms with E-state index in [1.54, 1.807) is 0 Å². The van der Waals surface area contributed by atoms with Crippen LogP contribution in [0, 0.1) is 0 Å². The molecule has 1 aliphatic heterocycles. The number of morpholine rings is 1. The van der Waals surface area contributed by atoms with Crippen LogP contribution in [0.5, 0.6) is 0 Å². The lowest BCUT2D eigenvalue weighted by atomic mass is 9.81. The minimum Gasteiger partial charge on any atom is -0.370 e. The molecule has 0 aromatic heterocycles. The Balaban J connectivity index is 1.57. The summed E-state index contributed by atoms with van der Waals surface area (Å²) in [6.45, 7) is 1.80. The van der Waals surface area contributed by atoms with Gasteiger partial charge in [-0.15, -0.1) is 0 Å². The van der Waals surface area contributed by atoms with E-state index in [-0.39, 0.29) is 11.6 Å². The molecule has 2 fully saturated rings. The van der Waals surface area contributed by atoms with E-state index < -0.39 is 0 Å². The summed E-state index contributed by atoms with van der Waals surface area (Å²) in [5, 5.41) is 6.45. The predicted octanol–water partition coefficient (Wildman–Crippen LogP) is 4.20. The molecule has 0 radical (unpaired) electrons. The average Bonchev–Trinajstić information content (AvgIpc) is 2.56. The largest absolute Gasteiger partial charge is 0.370 e. The van der Waals surface area contributed by atoms with E-state index in [1.807, 2.05) is 0 Å². The van der Waals surface area contributed by atoms with Crippen molar-refractivity contribution in [3.8, 4) is 0 Å². The van der Waals surface area contributed by atoms with Gasteiger partial charge in [-0.05, 0) is 29.2 Å². The Morgan fingerprint density at radius 3 is 2.57 bits per heavy atom. The third-order valence-corrected chi connectivity index (χ3v) is 5.20. The van der Waals surface area contributed by atoms with Crippen LogP contribution in [0.15, 0.2) is 42.5 Å². The van der Waals surface area contributed by atoms with Crippen LogP contribution in [0.25, 0.3) is 10.8 Å². The first-order valence-electron chi connectivity index (χ1n) is 8.21. The summed E-state index contributed by atoms with van der Waals surface area (Å²) in [6, 6.07) is 15.1. The molecule has 1 unspecified atom stereocenters. The maximum Gasteiger partial charge on any atom is 0.0956 e. The molecule has 0 bridgehead atoms. The summed E-state index contributed by atoms with van der Waals surface area (Å²) in [7, 11) is 0. The first-order valence-corrected chi connectivity index (χ1v) is 8.21. The molecule has 0 amide bonds. The molecule has 2 nitrogen and oxygen atoms in total. The summed E-state index contributed by atoms with van der Waals surface area (Å²) < 4.78 is 6.30. The summed E-state index contributed by atoms with van der Waals surface area (Å²) in [4.78, 5) is 0. The zero-order valence-corrected chi connectivity index (χ0v) is 12.5. The third-order valence-electron chi connectivity index (χ3n) is 5.20. The Labute approximate surface area is 126 Å². The van der Waals surface area contributed by atoms with E-state index in [1.165, 1.54) is 48.4 Å². The molecule has 4 rings (SSSR count). The summed E-state index contributed by atoms with van der Waals surface area (Å²) in [5.74, 6) is 0. The molecule has 1 spiro atoms. The van der Waals surface area contributed by atoms with Crippen molar-refractivity contribution in [3.63, 3.8) is 0 Å². The molecule has 2 aromatic rings. The summed E-state index contributed by atoms with van der Waals surface area (Å²) in [5.41, 5.74) is 1.59. The number of ether oxygens (including phenoxy) is 1. The van der Waals surface area contributed by atoms with Gasteiger partial charge in [-0.1, -0.05) is 61.7 Å². The molecule has 2 aromatic carbocycles. The molecule has 2 heteroatoms. The highest BCUT2D eigenvalue weighted by molar-refractivity contribution is 5.86. The lowest BCUT2D eigenvalue weighted by Crippen LogP contribution is -2.55. The van der Waals surface area contributed by atoms with Crippen molar-refractivity contribution < 1.29 is 4.74 Å². The lowest BCUT2D eigenvalue weighted by Gasteiger charge is -2.44. The zero-order valence-electron chi connectivity index (χ0n) is 12.5. The van der Waals surface area contributed by atoms with E-state index >= 15 is 0 Å². The summed E-state index contributed by atoms with van der Waals surface area (Å²) in [6.07, 6.45) is 6.80. The maximum atomic E-state index is 6.30. The van der Waals surface area contributed by atoms with E-state index in [0.29, 0.717) is 0 Å². The Morgan fingerprint density at radius 1 is 0.952 bits per heavy atom. The first kappa shape index (κ1) is 13.3. The van der Waals surface area contributed by atoms with Gasteiger partial charge in [0, 0.05) is 12.1 Å². The van der Waals surface area contributed by atoms with Gasteiger partial charge < -0.3 is 10.1 Å². The number of hydrogen-bond donors (Lipinski definition) is 1. The molecule has 1 atom stereocenters. The Morgan fingerprint density at radius 2 is 1.76 bits per heavy atom. The van der Waals surface area contributed by atoms with Crippen molar-refractivity contribution in [2.75, 3.05) is 13.2 Å². The van der Waals surface area contributed by atoms with Gasteiger partial charge in [0.1, 0.15) is 0 Å². The highest BCUT2D eigenvalue weighted by Gasteiger charge is 2.37. The van der Waals surface area contributed by atoms with E-state index in [0.717, 1.165) is 13.2 Å². The van der Waals surface area contributed by atoms with Crippen molar-refractivity contribution in [3.05, 3.63) is 48.0 Å². The van der Waals surface area contributed by atoms with E-state index in [4.69, 9.17) is 4.74 Å². The van der Waals surface area contributed by atoms with Crippen molar-refractivity contribution >= 4 is 10.8 Å². The monoisotopic (exact) mass is 281 g/mol. The minimum atomic E-state index is 0.184. The molecule has 110 valence electrons. The van der Waals surface area contributed by atoms with Crippen LogP contribution in [0.1, 0.15) is 43.8 Å². The quantitative estimate of drug-likeness (QED) is 0.845. The Bertz CT molecular complexity index is 615. The Hall–Kier alpha value is -1.38. The van der Waals surface area contributed by atoms with Gasteiger partial charge >= 0.3 is 0 Å². The molecule has 21 heavy (non-hydrogen) atoms. The number of hydrogen-bond acceptors (Lipinski definition) is 2. The van der Waals surface area contributed by atoms with Crippen LogP contribution < -0.4 is 5.32 Å². The van der Waals surface area contributed by atoms with Gasteiger partial charge in [0.25, 0.3) is 0 Å². The van der Waals surface area contributed by atoms with Gasteiger partial charge in [0.2, 0.25) is 0 Å². The third kappa shape index (κ3) is 2.47. The van der Waals surface area contributed by atoms with E-state index in [9.17, 15) is 0 Å². The van der Waals surface area contributed by atoms with Crippen LogP contribution in [0.2, 0.25) is 0 Å². The van der Waals surface area contributed by atoms with Crippen LogP contribution in [-0.4, -0.2) is 18.7 Å². The highest BCUT2D eigenvalue weighted by Crippen LogP contribution is 2.35. The number of rotatable bonds is 1. The van der Waals surface area contributed by atoms with Gasteiger partial charge in [-0.3, -0.25) is 0 Å². The molecule has 1 N–H and O–H groups in total. The first-order chi connectivity index (χ1) is 10.4. The van der Waals surface area contributed by atoms with Crippen LogP contribution >= 0.6 is 0 Å². The maximum absolute atomic E-state index is 6.30. The lowest BCUT2D eigenvalue weighted by molar-refractivity contribution is -0.0460. The molecular formula is C19H23NO. The molecule has 1 aliphatic carbocycles. The fourth-order valence-corrected chi connectivity index (χ4v) is 3.96. The number of fused-ring (bicyclic) bond motifs is 1. The summed E-state index contributed by atoms with van der Waals surface area (Å²) >= 11 is 0. The predicted molar refractivity (Wildman–Crippen MR) is 86.5 cm³/mol. The smallest absolute Gasteiger partial charge is 0.0956 e. The van der Waals surface area contributed by atoms with Gasteiger partial charge in [0.15, 0.2) is 0 Å². The second-order valence-corrected chi connectivity index (χ2v) is 6.59. The van der Waals surface area contributed by atoms with Crippen LogP contribution in [0.3, 0.4) is 0 Å². The zero-order chi connectivity index (χ0) is 14.1. The molecule has 1 saturated carbocycles. The standard InChI is InChI=1S/C19H23NO/c1-4-11-19(12-5-1)14-21-18(13-20-19)17-10-6-8-15-7-2-3-9-16(15)17/h2-3,6-10,18,20H,1,4-5,11-14H2. The normalized spacial score (nSPS) is 25.2. The van der Waals surface area contributed by atoms with Gasteiger partial charge in [-0.2, -0.15) is 0 Å². The topological polar surface area (TPSA) is 21.3 Å². The molecular weight excluding hydrogens is 258 g/mol. The van der Waals surface area contributed by atoms with Crippen molar-refractivity contribution in [2.24, 2.45) is 0 Å². The minimum absolute atomic E-state index is 0.184. The average molecular weight is 281 g/mol. The van der Waals surface area contributed by atoms with Gasteiger partial charge in [0.05, 0.1) is 12.7 Å².